The van der Waals surface area contributed by atoms with E-state index in [-0.39, 0.29) is 30.7 Å². The molecule has 1 fully saturated rings. The van der Waals surface area contributed by atoms with Crippen molar-refractivity contribution in [3.63, 3.8) is 0 Å². The maximum Gasteiger partial charge on any atom is 0.416 e. The van der Waals surface area contributed by atoms with Gasteiger partial charge in [0, 0.05) is 37.6 Å². The van der Waals surface area contributed by atoms with E-state index >= 15 is 0 Å². The van der Waals surface area contributed by atoms with E-state index < -0.39 is 17.2 Å². The molecule has 0 aromatic heterocycles. The second kappa shape index (κ2) is 12.0. The number of carbonyl (C=O) groups excluding carboxylic acids is 1. The third kappa shape index (κ3) is 5.65. The first-order chi connectivity index (χ1) is 17.3. The standard InChI is InChI=1S/C29H30F3N3O.2ClH/c1-2-21-11-12-25-26(19-21)33-27(36)28(25,22-7-4-3-5-8-22)13-14-34-15-17-35(18-16-34)24-10-6-9-23(20-24)29(30,31)32;;/h3-12,19-20H,2,13-18H2,1H3,(H,33,36);2*1H. The minimum atomic E-state index is -4.35. The number of aryl methyl sites for hydroxylation is 1. The van der Waals surface area contributed by atoms with Crippen LogP contribution >= 0.6 is 24.8 Å². The number of piperazine rings is 1. The molecule has 2 heterocycles. The van der Waals surface area contributed by atoms with E-state index in [2.05, 4.69) is 35.3 Å². The van der Waals surface area contributed by atoms with E-state index in [9.17, 15) is 18.0 Å². The number of nitrogens with zero attached hydrogens (tertiary/aromatic N) is 2. The number of anilines is 2. The van der Waals surface area contributed by atoms with Gasteiger partial charge < -0.3 is 10.2 Å². The normalized spacial score (nSPS) is 19.3. The van der Waals surface area contributed by atoms with Gasteiger partial charge in [0.1, 0.15) is 5.41 Å². The average molecular weight is 566 g/mol. The smallest absolute Gasteiger partial charge is 0.369 e. The van der Waals surface area contributed by atoms with Crippen LogP contribution in [0.2, 0.25) is 0 Å². The lowest BCUT2D eigenvalue weighted by atomic mass is 9.72. The van der Waals surface area contributed by atoms with Gasteiger partial charge in [-0.1, -0.05) is 55.5 Å². The monoisotopic (exact) mass is 565 g/mol. The fraction of sp³-hybridized carbons (Fsp3) is 0.345. The first-order valence-corrected chi connectivity index (χ1v) is 12.5. The van der Waals surface area contributed by atoms with Crippen molar-refractivity contribution in [1.29, 1.82) is 0 Å². The maximum absolute atomic E-state index is 13.5. The molecule has 0 radical (unpaired) electrons. The van der Waals surface area contributed by atoms with Crippen molar-refractivity contribution in [2.24, 2.45) is 0 Å². The van der Waals surface area contributed by atoms with Crippen LogP contribution in [0.5, 0.6) is 0 Å². The molecule has 2 aliphatic rings. The second-order valence-corrected chi connectivity index (χ2v) is 9.59. The minimum absolute atomic E-state index is 0. The Morgan fingerprint density at radius 2 is 1.61 bits per heavy atom. The number of fused-ring (bicyclic) bond motifs is 1. The summed E-state index contributed by atoms with van der Waals surface area (Å²) in [4.78, 5) is 17.9. The van der Waals surface area contributed by atoms with Gasteiger partial charge in [-0.15, -0.1) is 24.8 Å². The number of benzene rings is 3. The fourth-order valence-corrected chi connectivity index (χ4v) is 5.47. The number of alkyl halides is 3. The van der Waals surface area contributed by atoms with E-state index in [1.807, 2.05) is 35.2 Å². The molecule has 9 heteroatoms. The van der Waals surface area contributed by atoms with Crippen LogP contribution in [0.15, 0.2) is 72.8 Å². The molecule has 0 saturated carbocycles. The lowest BCUT2D eigenvalue weighted by molar-refractivity contribution is -0.137. The van der Waals surface area contributed by atoms with Crippen molar-refractivity contribution >= 4 is 42.1 Å². The molecule has 38 heavy (non-hydrogen) atoms. The SMILES string of the molecule is CCc1ccc2c(c1)NC(=O)C2(CCN1CCN(c2cccc(C(F)(F)F)c2)CC1)c1ccccc1.Cl.Cl. The van der Waals surface area contributed by atoms with Crippen LogP contribution in [0.1, 0.15) is 35.6 Å². The molecule has 0 bridgehead atoms. The lowest BCUT2D eigenvalue weighted by Gasteiger charge is -2.38. The Hall–Kier alpha value is -2.74. The Balaban J connectivity index is 0.00000200. The van der Waals surface area contributed by atoms with Gasteiger partial charge in [-0.2, -0.15) is 13.2 Å². The molecule has 4 nitrogen and oxygen atoms in total. The molecule has 1 N–H and O–H groups in total. The van der Waals surface area contributed by atoms with Crippen molar-refractivity contribution in [2.45, 2.75) is 31.4 Å². The van der Waals surface area contributed by atoms with Gasteiger partial charge in [-0.25, -0.2) is 0 Å². The van der Waals surface area contributed by atoms with Gasteiger partial charge in [0.05, 0.1) is 5.56 Å². The number of rotatable bonds is 6. The summed E-state index contributed by atoms with van der Waals surface area (Å²) in [5.74, 6) is -0.000412. The van der Waals surface area contributed by atoms with Gasteiger partial charge in [0.15, 0.2) is 0 Å². The van der Waals surface area contributed by atoms with Gasteiger partial charge in [-0.3, -0.25) is 9.69 Å². The van der Waals surface area contributed by atoms with E-state index in [0.717, 1.165) is 42.4 Å². The topological polar surface area (TPSA) is 35.6 Å². The maximum atomic E-state index is 13.5. The van der Waals surface area contributed by atoms with Crippen LogP contribution in [0.25, 0.3) is 0 Å². The summed E-state index contributed by atoms with van der Waals surface area (Å²) in [6.45, 7) is 5.55. The molecule has 1 atom stereocenters. The first kappa shape index (κ1) is 29.8. The molecule has 1 amide bonds. The molecule has 0 spiro atoms. The number of halogens is 5. The van der Waals surface area contributed by atoms with Crippen LogP contribution in [0.3, 0.4) is 0 Å². The number of hydrogen-bond donors (Lipinski definition) is 1. The zero-order valence-corrected chi connectivity index (χ0v) is 22.8. The Morgan fingerprint density at radius 3 is 2.26 bits per heavy atom. The predicted octanol–water partition coefficient (Wildman–Crippen LogP) is 6.56. The summed E-state index contributed by atoms with van der Waals surface area (Å²) in [5, 5.41) is 3.14. The van der Waals surface area contributed by atoms with Crippen LogP contribution in [0.4, 0.5) is 24.5 Å². The minimum Gasteiger partial charge on any atom is -0.369 e. The highest BCUT2D eigenvalue weighted by Gasteiger charge is 2.48. The van der Waals surface area contributed by atoms with E-state index in [1.165, 1.54) is 17.7 Å². The lowest BCUT2D eigenvalue weighted by Crippen LogP contribution is -2.48. The Bertz CT molecular complexity index is 1250. The Labute approximate surface area is 234 Å². The highest BCUT2D eigenvalue weighted by Crippen LogP contribution is 2.46. The van der Waals surface area contributed by atoms with Gasteiger partial charge in [0.2, 0.25) is 5.91 Å². The van der Waals surface area contributed by atoms with Crippen molar-refractivity contribution in [2.75, 3.05) is 42.9 Å². The molecule has 1 saturated heterocycles. The Kier molecular flexibility index (Phi) is 9.39. The van der Waals surface area contributed by atoms with Crippen molar-refractivity contribution < 1.29 is 18.0 Å². The largest absolute Gasteiger partial charge is 0.416 e. The fourth-order valence-electron chi connectivity index (χ4n) is 5.47. The molecular weight excluding hydrogens is 534 g/mol. The molecule has 2 aliphatic heterocycles. The molecular formula is C29H32Cl2F3N3O. The highest BCUT2D eigenvalue weighted by molar-refractivity contribution is 6.08. The van der Waals surface area contributed by atoms with E-state index in [1.54, 1.807) is 6.07 Å². The molecule has 204 valence electrons. The molecule has 1 unspecified atom stereocenters. The Morgan fingerprint density at radius 1 is 0.895 bits per heavy atom. The number of amides is 1. The summed E-state index contributed by atoms with van der Waals surface area (Å²) in [6.07, 6.45) is -2.82. The molecule has 0 aliphatic carbocycles. The van der Waals surface area contributed by atoms with Crippen molar-refractivity contribution in [3.05, 3.63) is 95.1 Å². The second-order valence-electron chi connectivity index (χ2n) is 9.59. The summed E-state index contributed by atoms with van der Waals surface area (Å²) >= 11 is 0. The third-order valence-electron chi connectivity index (χ3n) is 7.57. The first-order valence-electron chi connectivity index (χ1n) is 12.5. The zero-order chi connectivity index (χ0) is 25.3. The van der Waals surface area contributed by atoms with Gasteiger partial charge in [0.25, 0.3) is 0 Å². The number of carbonyl (C=O) groups is 1. The van der Waals surface area contributed by atoms with Gasteiger partial charge in [-0.05, 0) is 60.3 Å². The highest BCUT2D eigenvalue weighted by atomic mass is 35.5. The van der Waals surface area contributed by atoms with Gasteiger partial charge >= 0.3 is 6.18 Å². The summed E-state index contributed by atoms with van der Waals surface area (Å²) in [6, 6.07) is 21.7. The number of hydrogen-bond acceptors (Lipinski definition) is 3. The van der Waals surface area contributed by atoms with Crippen LogP contribution < -0.4 is 10.2 Å². The van der Waals surface area contributed by atoms with Crippen LogP contribution in [-0.4, -0.2) is 43.5 Å². The average Bonchev–Trinajstić information content (AvgIpc) is 3.18. The summed E-state index contributed by atoms with van der Waals surface area (Å²) in [7, 11) is 0. The van der Waals surface area contributed by atoms with Crippen LogP contribution in [-0.2, 0) is 22.8 Å². The van der Waals surface area contributed by atoms with E-state index in [4.69, 9.17) is 0 Å². The summed E-state index contributed by atoms with van der Waals surface area (Å²) < 4.78 is 39.4. The third-order valence-corrected chi connectivity index (χ3v) is 7.57. The molecule has 5 rings (SSSR count). The quantitative estimate of drug-likeness (QED) is 0.367. The van der Waals surface area contributed by atoms with Crippen LogP contribution in [0, 0.1) is 0 Å². The van der Waals surface area contributed by atoms with Crippen molar-refractivity contribution in [3.8, 4) is 0 Å². The zero-order valence-electron chi connectivity index (χ0n) is 21.1. The molecule has 3 aromatic carbocycles. The number of nitrogens with one attached hydrogen (secondary N) is 1. The molecule has 3 aromatic rings. The predicted molar refractivity (Wildman–Crippen MR) is 151 cm³/mol. The van der Waals surface area contributed by atoms with E-state index in [0.29, 0.717) is 31.7 Å². The van der Waals surface area contributed by atoms with Crippen molar-refractivity contribution in [1.82, 2.24) is 4.90 Å². The summed E-state index contributed by atoms with van der Waals surface area (Å²) in [5.41, 5.74) is 3.28.